The monoisotopic (exact) mass is 264 g/mol. The third-order valence-electron chi connectivity index (χ3n) is 5.61. The number of allylic oxidation sites excluding steroid dienone is 5. The predicted octanol–water partition coefficient (Wildman–Crippen LogP) is 5.74. The average molecular weight is 264 g/mol. The smallest absolute Gasteiger partial charge is 0.00616 e. The van der Waals surface area contributed by atoms with E-state index in [-0.39, 0.29) is 0 Å². The molecule has 1 aromatic carbocycles. The fourth-order valence-corrected chi connectivity index (χ4v) is 4.11. The third-order valence-corrected chi connectivity index (χ3v) is 5.61. The second kappa shape index (κ2) is 4.77. The maximum atomic E-state index is 2.42. The van der Waals surface area contributed by atoms with Crippen LogP contribution < -0.4 is 0 Å². The largest absolute Gasteiger partial charge is 0.0761 e. The normalized spacial score (nSPS) is 23.8. The van der Waals surface area contributed by atoms with E-state index in [0.29, 0.717) is 17.8 Å². The second-order valence-corrected chi connectivity index (χ2v) is 6.47. The van der Waals surface area contributed by atoms with Crippen LogP contribution in [0.1, 0.15) is 51.7 Å². The maximum absolute atomic E-state index is 2.42. The molecule has 0 heteroatoms. The Kier molecular flexibility index (Phi) is 3.20. The van der Waals surface area contributed by atoms with E-state index in [1.54, 1.807) is 11.1 Å². The lowest BCUT2D eigenvalue weighted by atomic mass is 9.75. The molecule has 0 saturated carbocycles. The zero-order valence-corrected chi connectivity index (χ0v) is 13.2. The molecule has 0 amide bonds. The van der Waals surface area contributed by atoms with Crippen molar-refractivity contribution in [3.8, 4) is 0 Å². The Hall–Kier alpha value is -1.56. The van der Waals surface area contributed by atoms with Gasteiger partial charge >= 0.3 is 0 Å². The van der Waals surface area contributed by atoms with Crippen molar-refractivity contribution in [1.82, 2.24) is 0 Å². The Labute approximate surface area is 122 Å². The number of rotatable bonds is 2. The van der Waals surface area contributed by atoms with Gasteiger partial charge in [-0.05, 0) is 55.9 Å². The van der Waals surface area contributed by atoms with Crippen molar-refractivity contribution in [2.75, 3.05) is 0 Å². The number of hydrogen-bond acceptors (Lipinski definition) is 0. The van der Waals surface area contributed by atoms with Gasteiger partial charge in [0.05, 0.1) is 0 Å². The first-order valence-corrected chi connectivity index (χ1v) is 7.64. The van der Waals surface area contributed by atoms with Crippen LogP contribution in [0.2, 0.25) is 0 Å². The molecule has 0 saturated heterocycles. The molecule has 0 spiro atoms. The molecular formula is C20H24. The van der Waals surface area contributed by atoms with Gasteiger partial charge in [0.15, 0.2) is 0 Å². The zero-order valence-electron chi connectivity index (χ0n) is 13.2. The van der Waals surface area contributed by atoms with Crippen LogP contribution in [-0.4, -0.2) is 0 Å². The summed E-state index contributed by atoms with van der Waals surface area (Å²) in [7, 11) is 0. The van der Waals surface area contributed by atoms with Gasteiger partial charge in [-0.15, -0.1) is 0 Å². The van der Waals surface area contributed by atoms with E-state index in [4.69, 9.17) is 0 Å². The van der Waals surface area contributed by atoms with Crippen molar-refractivity contribution in [3.63, 3.8) is 0 Å². The van der Waals surface area contributed by atoms with Gasteiger partial charge in [-0.25, -0.2) is 0 Å². The highest BCUT2D eigenvalue weighted by Gasteiger charge is 2.34. The zero-order chi connectivity index (χ0) is 14.4. The number of hydrogen-bond donors (Lipinski definition) is 0. The molecule has 0 fully saturated rings. The fourth-order valence-electron chi connectivity index (χ4n) is 4.11. The summed E-state index contributed by atoms with van der Waals surface area (Å²) in [5.41, 5.74) is 9.07. The summed E-state index contributed by atoms with van der Waals surface area (Å²) in [4.78, 5) is 0. The Bertz CT molecular complexity index is 616. The molecule has 0 aliphatic heterocycles. The molecule has 2 unspecified atom stereocenters. The summed E-state index contributed by atoms with van der Waals surface area (Å²) < 4.78 is 0. The van der Waals surface area contributed by atoms with Gasteiger partial charge in [-0.1, -0.05) is 54.5 Å². The Morgan fingerprint density at radius 1 is 0.900 bits per heavy atom. The SMILES string of the molecule is CC1=C(C)C(C(C)C2C=Cc3ccccc32)C(C)=C1C. The lowest BCUT2D eigenvalue weighted by molar-refractivity contribution is 0.426. The molecule has 0 heterocycles. The Balaban J connectivity index is 1.96. The highest BCUT2D eigenvalue weighted by molar-refractivity contribution is 5.63. The summed E-state index contributed by atoms with van der Waals surface area (Å²) in [6, 6.07) is 8.83. The highest BCUT2D eigenvalue weighted by Crippen LogP contribution is 2.47. The van der Waals surface area contributed by atoms with Crippen LogP contribution in [0.3, 0.4) is 0 Å². The standard InChI is InChI=1S/C20H24/c1-12-13(2)15(4)20(14(12)3)16(5)18-11-10-17-8-6-7-9-19(17)18/h6-11,16,18,20H,1-5H3. The minimum absolute atomic E-state index is 0.555. The summed E-state index contributed by atoms with van der Waals surface area (Å²) in [5, 5.41) is 0. The van der Waals surface area contributed by atoms with Gasteiger partial charge in [0.1, 0.15) is 0 Å². The molecule has 2 aliphatic rings. The van der Waals surface area contributed by atoms with Gasteiger partial charge < -0.3 is 0 Å². The van der Waals surface area contributed by atoms with Crippen molar-refractivity contribution in [1.29, 1.82) is 0 Å². The molecule has 0 nitrogen and oxygen atoms in total. The molecule has 3 rings (SSSR count). The van der Waals surface area contributed by atoms with E-state index in [0.717, 1.165) is 0 Å². The average Bonchev–Trinajstić information content (AvgIpc) is 2.96. The van der Waals surface area contributed by atoms with E-state index in [2.05, 4.69) is 71.0 Å². The van der Waals surface area contributed by atoms with Crippen molar-refractivity contribution in [2.24, 2.45) is 11.8 Å². The molecule has 20 heavy (non-hydrogen) atoms. The van der Waals surface area contributed by atoms with Crippen molar-refractivity contribution >= 4 is 6.08 Å². The van der Waals surface area contributed by atoms with E-state index in [9.17, 15) is 0 Å². The molecule has 0 radical (unpaired) electrons. The molecule has 0 bridgehead atoms. The minimum Gasteiger partial charge on any atom is -0.0761 e. The summed E-state index contributed by atoms with van der Waals surface area (Å²) >= 11 is 0. The maximum Gasteiger partial charge on any atom is 0.00616 e. The number of benzene rings is 1. The molecule has 104 valence electrons. The second-order valence-electron chi connectivity index (χ2n) is 6.47. The van der Waals surface area contributed by atoms with Gasteiger partial charge in [0.2, 0.25) is 0 Å². The van der Waals surface area contributed by atoms with Crippen molar-refractivity contribution in [3.05, 3.63) is 63.8 Å². The van der Waals surface area contributed by atoms with E-state index >= 15 is 0 Å². The van der Waals surface area contributed by atoms with Gasteiger partial charge in [0.25, 0.3) is 0 Å². The van der Waals surface area contributed by atoms with E-state index in [1.165, 1.54) is 22.3 Å². The summed E-state index contributed by atoms with van der Waals surface area (Å²) in [5.74, 6) is 1.79. The number of fused-ring (bicyclic) bond motifs is 1. The molecule has 0 N–H and O–H groups in total. The van der Waals surface area contributed by atoms with Gasteiger partial charge in [-0.3, -0.25) is 0 Å². The summed E-state index contributed by atoms with van der Waals surface area (Å²) in [6.45, 7) is 11.6. The molecular weight excluding hydrogens is 240 g/mol. The first kappa shape index (κ1) is 13.4. The summed E-state index contributed by atoms with van der Waals surface area (Å²) in [6.07, 6.45) is 4.70. The van der Waals surface area contributed by atoms with Crippen LogP contribution in [0.5, 0.6) is 0 Å². The van der Waals surface area contributed by atoms with E-state index < -0.39 is 0 Å². The molecule has 1 aromatic rings. The lowest BCUT2D eigenvalue weighted by Gasteiger charge is -2.28. The van der Waals surface area contributed by atoms with Crippen LogP contribution >= 0.6 is 0 Å². The third kappa shape index (κ3) is 1.82. The first-order chi connectivity index (χ1) is 9.52. The minimum atomic E-state index is 0.555. The van der Waals surface area contributed by atoms with Crippen LogP contribution in [-0.2, 0) is 0 Å². The lowest BCUT2D eigenvalue weighted by Crippen LogP contribution is -2.18. The predicted molar refractivity (Wildman–Crippen MR) is 87.6 cm³/mol. The fraction of sp³-hybridized carbons (Fsp3) is 0.400. The van der Waals surface area contributed by atoms with Crippen LogP contribution in [0, 0.1) is 11.8 Å². The van der Waals surface area contributed by atoms with Crippen LogP contribution in [0.25, 0.3) is 6.08 Å². The van der Waals surface area contributed by atoms with Crippen LogP contribution in [0.4, 0.5) is 0 Å². The van der Waals surface area contributed by atoms with Gasteiger partial charge in [-0.2, -0.15) is 0 Å². The quantitative estimate of drug-likeness (QED) is 0.639. The Morgan fingerprint density at radius 3 is 2.15 bits per heavy atom. The van der Waals surface area contributed by atoms with E-state index in [1.807, 2.05) is 0 Å². The van der Waals surface area contributed by atoms with Gasteiger partial charge in [0, 0.05) is 11.8 Å². The van der Waals surface area contributed by atoms with Crippen molar-refractivity contribution in [2.45, 2.75) is 40.5 Å². The van der Waals surface area contributed by atoms with Crippen molar-refractivity contribution < 1.29 is 0 Å². The topological polar surface area (TPSA) is 0 Å². The molecule has 0 aromatic heterocycles. The highest BCUT2D eigenvalue weighted by atomic mass is 14.4. The molecule has 2 aliphatic carbocycles. The first-order valence-electron chi connectivity index (χ1n) is 7.64. The molecule has 2 atom stereocenters. The van der Waals surface area contributed by atoms with Crippen LogP contribution in [0.15, 0.2) is 52.6 Å². The Morgan fingerprint density at radius 2 is 1.50 bits per heavy atom.